The fourth-order valence-electron chi connectivity index (χ4n) is 3.24. The molecule has 1 amide bonds. The minimum Gasteiger partial charge on any atom is -0.360 e. The van der Waals surface area contributed by atoms with Crippen LogP contribution in [0, 0.1) is 13.8 Å². The van der Waals surface area contributed by atoms with Crippen molar-refractivity contribution < 1.29 is 17.7 Å². The van der Waals surface area contributed by atoms with E-state index in [9.17, 15) is 13.2 Å². The first kappa shape index (κ1) is 17.1. The van der Waals surface area contributed by atoms with Gasteiger partial charge in [0.15, 0.2) is 10.7 Å². The SMILES string of the molecule is Cc1noc(C)c1S(=O)(=O)Nc1ccc(C2(C(=O)NC3CC3)CC2)cc1. The van der Waals surface area contributed by atoms with Crippen molar-refractivity contribution >= 4 is 21.6 Å². The number of sulfonamides is 1. The monoisotopic (exact) mass is 375 g/mol. The molecule has 7 nitrogen and oxygen atoms in total. The predicted molar refractivity (Wildman–Crippen MR) is 95.3 cm³/mol. The number of anilines is 1. The lowest BCUT2D eigenvalue weighted by Crippen LogP contribution is -2.36. The molecule has 2 aliphatic carbocycles. The van der Waals surface area contributed by atoms with Crippen LogP contribution in [0.5, 0.6) is 0 Å². The van der Waals surface area contributed by atoms with Crippen molar-refractivity contribution in [3.8, 4) is 0 Å². The molecule has 0 unspecified atom stereocenters. The van der Waals surface area contributed by atoms with Gasteiger partial charge in [-0.1, -0.05) is 17.3 Å². The van der Waals surface area contributed by atoms with E-state index in [1.165, 1.54) is 0 Å². The number of hydrogen-bond acceptors (Lipinski definition) is 5. The highest BCUT2D eigenvalue weighted by atomic mass is 32.2. The van der Waals surface area contributed by atoms with E-state index in [2.05, 4.69) is 15.2 Å². The van der Waals surface area contributed by atoms with E-state index in [-0.39, 0.29) is 16.6 Å². The Morgan fingerprint density at radius 2 is 1.85 bits per heavy atom. The number of nitrogens with zero attached hydrogens (tertiary/aromatic N) is 1. The Morgan fingerprint density at radius 1 is 1.19 bits per heavy atom. The molecule has 2 aromatic rings. The van der Waals surface area contributed by atoms with Crippen LogP contribution < -0.4 is 10.0 Å². The van der Waals surface area contributed by atoms with Crippen LogP contribution in [0.25, 0.3) is 0 Å². The van der Waals surface area contributed by atoms with Crippen LogP contribution in [0.15, 0.2) is 33.7 Å². The van der Waals surface area contributed by atoms with Gasteiger partial charge in [0, 0.05) is 11.7 Å². The van der Waals surface area contributed by atoms with Gasteiger partial charge in [0.05, 0.1) is 5.41 Å². The number of nitrogens with one attached hydrogen (secondary N) is 2. The molecule has 1 aromatic carbocycles. The average Bonchev–Trinajstić information content (AvgIpc) is 3.48. The Hall–Kier alpha value is -2.35. The largest absolute Gasteiger partial charge is 0.360 e. The summed E-state index contributed by atoms with van der Waals surface area (Å²) in [5.41, 5.74) is 1.24. The van der Waals surface area contributed by atoms with Gasteiger partial charge in [-0.2, -0.15) is 0 Å². The molecule has 8 heteroatoms. The number of carbonyl (C=O) groups is 1. The number of rotatable bonds is 6. The highest BCUT2D eigenvalue weighted by Gasteiger charge is 2.52. The second kappa shape index (κ2) is 5.84. The second-order valence-corrected chi connectivity index (χ2v) is 8.79. The van der Waals surface area contributed by atoms with Crippen LogP contribution >= 0.6 is 0 Å². The molecule has 0 atom stereocenters. The summed E-state index contributed by atoms with van der Waals surface area (Å²) in [6.45, 7) is 3.15. The lowest BCUT2D eigenvalue weighted by molar-refractivity contribution is -0.123. The zero-order valence-electron chi connectivity index (χ0n) is 14.7. The summed E-state index contributed by atoms with van der Waals surface area (Å²) in [6.07, 6.45) is 3.78. The maximum atomic E-state index is 12.6. The van der Waals surface area contributed by atoms with Crippen LogP contribution in [-0.4, -0.2) is 25.5 Å². The first-order valence-electron chi connectivity index (χ1n) is 8.69. The van der Waals surface area contributed by atoms with Gasteiger partial charge in [0.25, 0.3) is 10.0 Å². The number of aryl methyl sites for hydroxylation is 2. The quantitative estimate of drug-likeness (QED) is 0.807. The molecule has 0 spiro atoms. The third-order valence-electron chi connectivity index (χ3n) is 5.02. The molecule has 1 heterocycles. The second-order valence-electron chi connectivity index (χ2n) is 7.17. The van der Waals surface area contributed by atoms with Gasteiger partial charge in [-0.15, -0.1) is 0 Å². The molecule has 2 saturated carbocycles. The highest BCUT2D eigenvalue weighted by molar-refractivity contribution is 7.92. The molecular formula is C18H21N3O4S. The van der Waals surface area contributed by atoms with E-state index in [0.717, 1.165) is 31.2 Å². The maximum Gasteiger partial charge on any atom is 0.267 e. The molecule has 2 N–H and O–H groups in total. The van der Waals surface area contributed by atoms with Gasteiger partial charge in [-0.25, -0.2) is 8.42 Å². The minimum atomic E-state index is -3.77. The molecule has 1 aromatic heterocycles. The minimum absolute atomic E-state index is 0.0593. The molecule has 2 aliphatic rings. The third kappa shape index (κ3) is 2.98. The standard InChI is InChI=1S/C18H21N3O4S/c1-11-16(12(2)25-20-11)26(23,24)21-15-5-3-13(4-6-15)18(9-10-18)17(22)19-14-7-8-14/h3-6,14,21H,7-10H2,1-2H3,(H,19,22). The smallest absolute Gasteiger partial charge is 0.267 e. The fourth-order valence-corrected chi connectivity index (χ4v) is 4.64. The molecule has 0 bridgehead atoms. The van der Waals surface area contributed by atoms with Crippen LogP contribution in [0.1, 0.15) is 42.7 Å². The summed E-state index contributed by atoms with van der Waals surface area (Å²) in [4.78, 5) is 12.5. The topological polar surface area (TPSA) is 101 Å². The lowest BCUT2D eigenvalue weighted by atomic mass is 9.95. The summed E-state index contributed by atoms with van der Waals surface area (Å²) in [6, 6.07) is 7.36. The number of benzene rings is 1. The van der Waals surface area contributed by atoms with E-state index < -0.39 is 15.4 Å². The van der Waals surface area contributed by atoms with Crippen LogP contribution in [0.4, 0.5) is 5.69 Å². The van der Waals surface area contributed by atoms with Gasteiger partial charge < -0.3 is 9.84 Å². The number of aromatic nitrogens is 1. The number of carbonyl (C=O) groups excluding carboxylic acids is 1. The Labute approximate surface area is 152 Å². The normalized spacial score (nSPS) is 18.4. The van der Waals surface area contributed by atoms with Gasteiger partial charge in [0.2, 0.25) is 5.91 Å². The molecular weight excluding hydrogens is 354 g/mol. The van der Waals surface area contributed by atoms with Crippen LogP contribution in [0.3, 0.4) is 0 Å². The Bertz CT molecular complexity index is 935. The Kier molecular flexibility index (Phi) is 3.83. The van der Waals surface area contributed by atoms with Crippen LogP contribution in [0.2, 0.25) is 0 Å². The van der Waals surface area contributed by atoms with E-state index in [1.54, 1.807) is 26.0 Å². The molecule has 0 saturated heterocycles. The predicted octanol–water partition coefficient (Wildman–Crippen LogP) is 2.40. The lowest BCUT2D eigenvalue weighted by Gasteiger charge is -2.16. The van der Waals surface area contributed by atoms with Crippen molar-refractivity contribution in [3.05, 3.63) is 41.3 Å². The van der Waals surface area contributed by atoms with Crippen molar-refractivity contribution in [2.45, 2.75) is 55.9 Å². The number of amides is 1. The van der Waals surface area contributed by atoms with Crippen molar-refractivity contribution in [2.75, 3.05) is 4.72 Å². The van der Waals surface area contributed by atoms with Crippen molar-refractivity contribution in [3.63, 3.8) is 0 Å². The van der Waals surface area contributed by atoms with E-state index in [4.69, 9.17) is 4.52 Å². The zero-order chi connectivity index (χ0) is 18.5. The molecule has 0 aliphatic heterocycles. The van der Waals surface area contributed by atoms with E-state index >= 15 is 0 Å². The first-order chi connectivity index (χ1) is 12.3. The summed E-state index contributed by atoms with van der Waals surface area (Å²) in [7, 11) is -3.77. The third-order valence-corrected chi connectivity index (χ3v) is 6.65. The molecule has 2 fully saturated rings. The molecule has 138 valence electrons. The fraction of sp³-hybridized carbons (Fsp3) is 0.444. The first-order valence-corrected chi connectivity index (χ1v) is 10.2. The average molecular weight is 375 g/mol. The maximum absolute atomic E-state index is 12.6. The summed E-state index contributed by atoms with van der Waals surface area (Å²) in [5.74, 6) is 0.337. The van der Waals surface area contributed by atoms with Crippen molar-refractivity contribution in [1.29, 1.82) is 0 Å². The highest BCUT2D eigenvalue weighted by Crippen LogP contribution is 2.49. The number of hydrogen-bond donors (Lipinski definition) is 2. The van der Waals surface area contributed by atoms with E-state index in [0.29, 0.717) is 17.4 Å². The van der Waals surface area contributed by atoms with Crippen molar-refractivity contribution in [2.24, 2.45) is 0 Å². The van der Waals surface area contributed by atoms with Gasteiger partial charge in [0.1, 0.15) is 5.69 Å². The van der Waals surface area contributed by atoms with Crippen LogP contribution in [-0.2, 0) is 20.2 Å². The Morgan fingerprint density at radius 3 is 2.35 bits per heavy atom. The van der Waals surface area contributed by atoms with E-state index in [1.807, 2.05) is 12.1 Å². The molecule has 0 radical (unpaired) electrons. The summed E-state index contributed by atoms with van der Waals surface area (Å²) < 4.78 is 32.6. The van der Waals surface area contributed by atoms with Gasteiger partial charge >= 0.3 is 0 Å². The molecule has 26 heavy (non-hydrogen) atoms. The van der Waals surface area contributed by atoms with Gasteiger partial charge in [-0.3, -0.25) is 9.52 Å². The van der Waals surface area contributed by atoms with Gasteiger partial charge in [-0.05, 0) is 57.2 Å². The summed E-state index contributed by atoms with van der Waals surface area (Å²) in [5, 5.41) is 6.76. The molecule has 4 rings (SSSR count). The summed E-state index contributed by atoms with van der Waals surface area (Å²) >= 11 is 0. The zero-order valence-corrected chi connectivity index (χ0v) is 15.5. The van der Waals surface area contributed by atoms with Crippen molar-refractivity contribution in [1.82, 2.24) is 10.5 Å². The Balaban J connectivity index is 1.52.